The number of furan rings is 2. The first kappa shape index (κ1) is 17.0. The number of hydrogen-bond acceptors (Lipinski definition) is 5. The summed E-state index contributed by atoms with van der Waals surface area (Å²) in [5, 5.41) is 2.67. The number of nitrogens with zero attached hydrogens (tertiary/aromatic N) is 1. The van der Waals surface area contributed by atoms with Crippen LogP contribution in [0.25, 0.3) is 0 Å². The molecular formula is C18H18N2O4S. The first-order valence-electron chi connectivity index (χ1n) is 7.79. The van der Waals surface area contributed by atoms with E-state index in [1.807, 2.05) is 13.0 Å². The zero-order valence-electron chi connectivity index (χ0n) is 13.7. The Bertz CT molecular complexity index is 785. The van der Waals surface area contributed by atoms with Crippen molar-refractivity contribution in [1.29, 1.82) is 0 Å². The molecule has 0 saturated heterocycles. The molecule has 3 rings (SSSR count). The summed E-state index contributed by atoms with van der Waals surface area (Å²) >= 11 is 1.40. The van der Waals surface area contributed by atoms with Crippen molar-refractivity contribution >= 4 is 23.2 Å². The van der Waals surface area contributed by atoms with Crippen molar-refractivity contribution in [2.75, 3.05) is 6.54 Å². The summed E-state index contributed by atoms with van der Waals surface area (Å²) in [6.45, 7) is 2.46. The number of nitrogens with one attached hydrogen (secondary N) is 1. The molecule has 0 saturated carbocycles. The lowest BCUT2D eigenvalue weighted by Crippen LogP contribution is -2.39. The normalized spacial score (nSPS) is 10.6. The van der Waals surface area contributed by atoms with Crippen LogP contribution in [0.4, 0.5) is 0 Å². The van der Waals surface area contributed by atoms with Gasteiger partial charge in [-0.15, -0.1) is 11.3 Å². The lowest BCUT2D eigenvalue weighted by molar-refractivity contribution is -0.131. The minimum atomic E-state index is -0.248. The number of aryl methyl sites for hydroxylation is 1. The van der Waals surface area contributed by atoms with Gasteiger partial charge in [0.05, 0.1) is 37.0 Å². The third-order valence-corrected chi connectivity index (χ3v) is 4.57. The molecule has 0 aliphatic heterocycles. The predicted octanol–water partition coefficient (Wildman–Crippen LogP) is 3.20. The average molecular weight is 358 g/mol. The van der Waals surface area contributed by atoms with E-state index in [1.54, 1.807) is 47.8 Å². The third kappa shape index (κ3) is 4.60. The first-order chi connectivity index (χ1) is 12.1. The van der Waals surface area contributed by atoms with Gasteiger partial charge < -0.3 is 19.1 Å². The molecule has 1 N–H and O–H groups in total. The fourth-order valence-electron chi connectivity index (χ4n) is 2.32. The highest BCUT2D eigenvalue weighted by molar-refractivity contribution is 7.13. The number of thiophene rings is 1. The minimum absolute atomic E-state index is 0.0861. The Morgan fingerprint density at radius 3 is 2.16 bits per heavy atom. The molecule has 3 heterocycles. The fourth-order valence-corrected chi connectivity index (χ4v) is 3.11. The highest BCUT2D eigenvalue weighted by Gasteiger charge is 2.18. The summed E-state index contributed by atoms with van der Waals surface area (Å²) in [5.41, 5.74) is 0. The smallest absolute Gasteiger partial charge is 0.261 e. The molecule has 6 nitrogen and oxygen atoms in total. The Labute approximate surface area is 149 Å². The van der Waals surface area contributed by atoms with E-state index in [2.05, 4.69) is 5.32 Å². The van der Waals surface area contributed by atoms with Gasteiger partial charge in [0, 0.05) is 4.88 Å². The topological polar surface area (TPSA) is 75.7 Å². The summed E-state index contributed by atoms with van der Waals surface area (Å²) in [7, 11) is 0. The summed E-state index contributed by atoms with van der Waals surface area (Å²) < 4.78 is 10.6. The molecule has 0 radical (unpaired) electrons. The van der Waals surface area contributed by atoms with Gasteiger partial charge in [-0.05, 0) is 43.3 Å². The van der Waals surface area contributed by atoms with E-state index in [4.69, 9.17) is 8.83 Å². The quantitative estimate of drug-likeness (QED) is 0.704. The van der Waals surface area contributed by atoms with Crippen molar-refractivity contribution in [3.05, 3.63) is 70.2 Å². The van der Waals surface area contributed by atoms with Crippen LogP contribution >= 0.6 is 11.3 Å². The molecule has 0 aliphatic carbocycles. The van der Waals surface area contributed by atoms with Gasteiger partial charge in [0.15, 0.2) is 0 Å². The zero-order chi connectivity index (χ0) is 17.6. The lowest BCUT2D eigenvalue weighted by Gasteiger charge is -2.20. The Balaban J connectivity index is 1.62. The van der Waals surface area contributed by atoms with Gasteiger partial charge in [0.25, 0.3) is 5.91 Å². The molecule has 7 heteroatoms. The van der Waals surface area contributed by atoms with Gasteiger partial charge in [-0.2, -0.15) is 0 Å². The van der Waals surface area contributed by atoms with Gasteiger partial charge in [-0.3, -0.25) is 9.59 Å². The second-order valence-corrected chi connectivity index (χ2v) is 6.79. The molecule has 0 fully saturated rings. The summed E-state index contributed by atoms with van der Waals surface area (Å²) in [4.78, 5) is 27.9. The number of rotatable bonds is 7. The maximum atomic E-state index is 12.6. The molecule has 0 atom stereocenters. The van der Waals surface area contributed by atoms with Crippen molar-refractivity contribution in [3.8, 4) is 0 Å². The van der Waals surface area contributed by atoms with Gasteiger partial charge in [-0.25, -0.2) is 0 Å². The molecule has 2 amide bonds. The van der Waals surface area contributed by atoms with Crippen molar-refractivity contribution in [1.82, 2.24) is 10.2 Å². The van der Waals surface area contributed by atoms with Crippen LogP contribution in [0.2, 0.25) is 0 Å². The second-order valence-electron chi connectivity index (χ2n) is 5.50. The van der Waals surface area contributed by atoms with E-state index in [-0.39, 0.29) is 18.4 Å². The Kier molecular flexibility index (Phi) is 5.35. The van der Waals surface area contributed by atoms with Crippen LogP contribution in [0.3, 0.4) is 0 Å². The van der Waals surface area contributed by atoms with E-state index in [0.717, 1.165) is 4.88 Å². The van der Waals surface area contributed by atoms with Crippen molar-refractivity contribution < 1.29 is 18.4 Å². The number of amides is 2. The Hall–Kier alpha value is -2.80. The molecule has 0 unspecified atom stereocenters. The molecule has 0 bridgehead atoms. The zero-order valence-corrected chi connectivity index (χ0v) is 14.5. The highest BCUT2D eigenvalue weighted by Crippen LogP contribution is 2.15. The van der Waals surface area contributed by atoms with E-state index in [9.17, 15) is 9.59 Å². The van der Waals surface area contributed by atoms with Crippen molar-refractivity contribution in [3.63, 3.8) is 0 Å². The average Bonchev–Trinajstić information content (AvgIpc) is 3.34. The molecule has 130 valence electrons. The number of hydrogen-bond donors (Lipinski definition) is 1. The van der Waals surface area contributed by atoms with E-state index in [0.29, 0.717) is 29.5 Å². The summed E-state index contributed by atoms with van der Waals surface area (Å²) in [6, 6.07) is 10.8. The minimum Gasteiger partial charge on any atom is -0.467 e. The van der Waals surface area contributed by atoms with Gasteiger partial charge >= 0.3 is 0 Å². The van der Waals surface area contributed by atoms with Crippen LogP contribution in [0, 0.1) is 6.92 Å². The number of carbonyl (C=O) groups is 2. The van der Waals surface area contributed by atoms with E-state index < -0.39 is 0 Å². The third-order valence-electron chi connectivity index (χ3n) is 3.57. The predicted molar refractivity (Wildman–Crippen MR) is 93.1 cm³/mol. The fraction of sp³-hybridized carbons (Fsp3) is 0.222. The standard InChI is InChI=1S/C18H18N2O4S/c1-13-6-7-16(25-13)18(22)19-10-17(21)20(11-14-4-2-8-23-14)12-15-5-3-9-24-15/h2-9H,10-12H2,1H3,(H,19,22). The monoisotopic (exact) mass is 358 g/mol. The van der Waals surface area contributed by atoms with Crippen molar-refractivity contribution in [2.24, 2.45) is 0 Å². The molecule has 0 spiro atoms. The maximum Gasteiger partial charge on any atom is 0.261 e. The highest BCUT2D eigenvalue weighted by atomic mass is 32.1. The Morgan fingerprint density at radius 2 is 1.68 bits per heavy atom. The summed E-state index contributed by atoms with van der Waals surface area (Å²) in [5.74, 6) is 0.872. The molecule has 3 aromatic rings. The number of carbonyl (C=O) groups excluding carboxylic acids is 2. The first-order valence-corrected chi connectivity index (χ1v) is 8.60. The van der Waals surface area contributed by atoms with Crippen LogP contribution in [0.1, 0.15) is 26.1 Å². The second kappa shape index (κ2) is 7.85. The molecule has 25 heavy (non-hydrogen) atoms. The van der Waals surface area contributed by atoms with Crippen LogP contribution < -0.4 is 5.32 Å². The largest absolute Gasteiger partial charge is 0.467 e. The maximum absolute atomic E-state index is 12.6. The van der Waals surface area contributed by atoms with Crippen LogP contribution in [0.5, 0.6) is 0 Å². The van der Waals surface area contributed by atoms with Crippen LogP contribution in [-0.4, -0.2) is 23.3 Å². The van der Waals surface area contributed by atoms with E-state index in [1.165, 1.54) is 11.3 Å². The van der Waals surface area contributed by atoms with Crippen molar-refractivity contribution in [2.45, 2.75) is 20.0 Å². The lowest BCUT2D eigenvalue weighted by atomic mass is 10.3. The SMILES string of the molecule is Cc1ccc(C(=O)NCC(=O)N(Cc2ccco2)Cc2ccco2)s1. The van der Waals surface area contributed by atoms with Crippen LogP contribution in [-0.2, 0) is 17.9 Å². The van der Waals surface area contributed by atoms with Gasteiger partial charge in [-0.1, -0.05) is 0 Å². The molecule has 3 aromatic heterocycles. The molecular weight excluding hydrogens is 340 g/mol. The molecule has 0 aliphatic rings. The van der Waals surface area contributed by atoms with Gasteiger partial charge in [0.2, 0.25) is 5.91 Å². The van der Waals surface area contributed by atoms with Gasteiger partial charge in [0.1, 0.15) is 11.5 Å². The Morgan fingerprint density at radius 1 is 1.04 bits per heavy atom. The summed E-state index contributed by atoms with van der Waals surface area (Å²) in [6.07, 6.45) is 3.12. The van der Waals surface area contributed by atoms with E-state index >= 15 is 0 Å². The molecule has 0 aromatic carbocycles. The van der Waals surface area contributed by atoms with Crippen LogP contribution in [0.15, 0.2) is 57.8 Å².